The van der Waals surface area contributed by atoms with E-state index >= 15 is 0 Å². The molecule has 0 amide bonds. The zero-order chi connectivity index (χ0) is 10.9. The van der Waals surface area contributed by atoms with Gasteiger partial charge in [0, 0.05) is 18.2 Å². The van der Waals surface area contributed by atoms with E-state index in [9.17, 15) is 13.2 Å². The number of oxime groups is 1. The van der Waals surface area contributed by atoms with Crippen molar-refractivity contribution in [2.45, 2.75) is 18.7 Å². The third-order valence-electron chi connectivity index (χ3n) is 2.20. The van der Waals surface area contributed by atoms with Gasteiger partial charge >= 0.3 is 6.18 Å². The second-order valence-corrected chi connectivity index (χ2v) is 3.20. The van der Waals surface area contributed by atoms with Crippen LogP contribution in [0.1, 0.15) is 23.7 Å². The summed E-state index contributed by atoms with van der Waals surface area (Å²) in [6, 6.07) is 5.40. The summed E-state index contributed by atoms with van der Waals surface area (Å²) in [6.45, 7) is 0. The summed E-state index contributed by atoms with van der Waals surface area (Å²) in [7, 11) is 0. The number of rotatable bonds is 1. The Morgan fingerprint density at radius 2 is 2.00 bits per heavy atom. The van der Waals surface area contributed by atoms with Gasteiger partial charge in [0.05, 0.1) is 5.56 Å². The van der Waals surface area contributed by atoms with Gasteiger partial charge in [-0.05, 0) is 6.07 Å². The zero-order valence-electron chi connectivity index (χ0n) is 7.66. The lowest BCUT2D eigenvalue weighted by Gasteiger charge is -2.15. The lowest BCUT2D eigenvalue weighted by Crippen LogP contribution is -2.11. The monoisotopic (exact) mass is 215 g/mol. The normalized spacial score (nSPS) is 20.3. The van der Waals surface area contributed by atoms with Crippen molar-refractivity contribution in [3.8, 4) is 0 Å². The molecule has 0 aromatic heterocycles. The first-order valence-corrected chi connectivity index (χ1v) is 4.43. The summed E-state index contributed by atoms with van der Waals surface area (Å²) >= 11 is 0. The van der Waals surface area contributed by atoms with E-state index in [4.69, 9.17) is 4.84 Å². The van der Waals surface area contributed by atoms with Crippen molar-refractivity contribution in [2.75, 3.05) is 0 Å². The fraction of sp³-hybridized carbons (Fsp3) is 0.300. The highest BCUT2D eigenvalue weighted by atomic mass is 19.4. The third kappa shape index (κ3) is 1.95. The molecule has 1 heterocycles. The van der Waals surface area contributed by atoms with Crippen LogP contribution in [0.3, 0.4) is 0 Å². The van der Waals surface area contributed by atoms with E-state index in [-0.39, 0.29) is 5.56 Å². The van der Waals surface area contributed by atoms with Gasteiger partial charge in [0.2, 0.25) is 0 Å². The van der Waals surface area contributed by atoms with E-state index < -0.39 is 17.8 Å². The zero-order valence-corrected chi connectivity index (χ0v) is 7.66. The number of benzene rings is 1. The molecule has 0 N–H and O–H groups in total. The first-order valence-electron chi connectivity index (χ1n) is 4.43. The highest BCUT2D eigenvalue weighted by Crippen LogP contribution is 2.37. The van der Waals surface area contributed by atoms with Crippen LogP contribution in [-0.2, 0) is 11.0 Å². The summed E-state index contributed by atoms with van der Waals surface area (Å²) in [5, 5.41) is 3.47. The van der Waals surface area contributed by atoms with E-state index in [1.807, 2.05) is 0 Å². The van der Waals surface area contributed by atoms with Crippen LogP contribution < -0.4 is 0 Å². The van der Waals surface area contributed by atoms with Crippen molar-refractivity contribution >= 4 is 6.21 Å². The largest absolute Gasteiger partial charge is 0.416 e. The van der Waals surface area contributed by atoms with Gasteiger partial charge in [-0.25, -0.2) is 0 Å². The summed E-state index contributed by atoms with van der Waals surface area (Å²) in [6.07, 6.45) is -3.10. The van der Waals surface area contributed by atoms with Gasteiger partial charge in [0.25, 0.3) is 0 Å². The van der Waals surface area contributed by atoms with Crippen LogP contribution in [0.2, 0.25) is 0 Å². The molecule has 0 fully saturated rings. The summed E-state index contributed by atoms with van der Waals surface area (Å²) in [5.41, 5.74) is -0.511. The Labute approximate surface area is 84.3 Å². The molecule has 0 bridgehead atoms. The molecule has 0 saturated carbocycles. The van der Waals surface area contributed by atoms with E-state index in [1.165, 1.54) is 18.3 Å². The molecule has 0 spiro atoms. The second kappa shape index (κ2) is 3.56. The molecule has 1 aliphatic rings. The van der Waals surface area contributed by atoms with E-state index in [2.05, 4.69) is 5.16 Å². The smallest absolute Gasteiger partial charge is 0.388 e. The van der Waals surface area contributed by atoms with Crippen LogP contribution >= 0.6 is 0 Å². The molecule has 1 aromatic rings. The van der Waals surface area contributed by atoms with Gasteiger partial charge in [0.1, 0.15) is 0 Å². The van der Waals surface area contributed by atoms with Crippen molar-refractivity contribution in [1.82, 2.24) is 0 Å². The predicted molar refractivity (Wildman–Crippen MR) is 48.4 cm³/mol. The summed E-state index contributed by atoms with van der Waals surface area (Å²) in [4.78, 5) is 4.84. The minimum Gasteiger partial charge on any atom is -0.388 e. The Bertz CT molecular complexity index is 378. The first-order chi connectivity index (χ1) is 7.09. The lowest BCUT2D eigenvalue weighted by molar-refractivity contribution is -0.139. The predicted octanol–water partition coefficient (Wildman–Crippen LogP) is 3.15. The molecule has 5 heteroatoms. The molecular weight excluding hydrogens is 207 g/mol. The SMILES string of the molecule is FC(F)(F)c1ccccc1C1CC=NO1. The van der Waals surface area contributed by atoms with Gasteiger partial charge in [-0.3, -0.25) is 0 Å². The third-order valence-corrected chi connectivity index (χ3v) is 2.20. The molecule has 1 aliphatic heterocycles. The average Bonchev–Trinajstić information content (AvgIpc) is 2.69. The van der Waals surface area contributed by atoms with Crippen molar-refractivity contribution in [1.29, 1.82) is 0 Å². The number of nitrogens with zero attached hydrogens (tertiary/aromatic N) is 1. The average molecular weight is 215 g/mol. The number of halogens is 3. The maximum atomic E-state index is 12.6. The lowest BCUT2D eigenvalue weighted by atomic mass is 10.0. The second-order valence-electron chi connectivity index (χ2n) is 3.20. The summed E-state index contributed by atoms with van der Waals surface area (Å²) < 4.78 is 37.8. The van der Waals surface area contributed by atoms with Crippen LogP contribution in [0.5, 0.6) is 0 Å². The Hall–Kier alpha value is -1.52. The molecular formula is C10H8F3NO. The Balaban J connectivity index is 2.38. The Morgan fingerprint density at radius 3 is 2.60 bits per heavy atom. The van der Waals surface area contributed by atoms with Gasteiger partial charge in [0.15, 0.2) is 6.10 Å². The van der Waals surface area contributed by atoms with Crippen molar-refractivity contribution in [3.05, 3.63) is 35.4 Å². The fourth-order valence-corrected chi connectivity index (χ4v) is 1.52. The fourth-order valence-electron chi connectivity index (χ4n) is 1.52. The van der Waals surface area contributed by atoms with Crippen LogP contribution in [0.25, 0.3) is 0 Å². The maximum Gasteiger partial charge on any atom is 0.416 e. The Kier molecular flexibility index (Phi) is 2.38. The summed E-state index contributed by atoms with van der Waals surface area (Å²) in [5.74, 6) is 0. The minimum atomic E-state index is -4.34. The van der Waals surface area contributed by atoms with E-state index in [0.29, 0.717) is 6.42 Å². The van der Waals surface area contributed by atoms with Crippen LogP contribution in [0.15, 0.2) is 29.4 Å². The molecule has 1 atom stereocenters. The maximum absolute atomic E-state index is 12.6. The van der Waals surface area contributed by atoms with Gasteiger partial charge in [-0.2, -0.15) is 13.2 Å². The molecule has 0 radical (unpaired) electrons. The molecule has 1 aromatic carbocycles. The highest BCUT2D eigenvalue weighted by molar-refractivity contribution is 5.59. The van der Waals surface area contributed by atoms with E-state index in [0.717, 1.165) is 6.07 Å². The standard InChI is InChI=1S/C10H8F3NO/c11-10(12,13)8-4-2-1-3-7(8)9-5-6-14-15-9/h1-4,6,9H,5H2. The first kappa shape index (κ1) is 10.0. The Morgan fingerprint density at radius 1 is 1.27 bits per heavy atom. The molecule has 2 rings (SSSR count). The van der Waals surface area contributed by atoms with Crippen molar-refractivity contribution in [3.63, 3.8) is 0 Å². The van der Waals surface area contributed by atoms with Crippen LogP contribution in [0.4, 0.5) is 13.2 Å². The van der Waals surface area contributed by atoms with Gasteiger partial charge in [-0.1, -0.05) is 23.4 Å². The minimum absolute atomic E-state index is 0.141. The molecule has 0 saturated heterocycles. The molecule has 0 aliphatic carbocycles. The number of hydrogen-bond acceptors (Lipinski definition) is 2. The molecule has 2 nitrogen and oxygen atoms in total. The topological polar surface area (TPSA) is 21.6 Å². The van der Waals surface area contributed by atoms with Crippen molar-refractivity contribution in [2.24, 2.45) is 5.16 Å². The van der Waals surface area contributed by atoms with Crippen LogP contribution in [-0.4, -0.2) is 6.21 Å². The number of hydrogen-bond donors (Lipinski definition) is 0. The highest BCUT2D eigenvalue weighted by Gasteiger charge is 2.35. The van der Waals surface area contributed by atoms with Gasteiger partial charge < -0.3 is 4.84 Å². The molecule has 80 valence electrons. The van der Waals surface area contributed by atoms with Crippen molar-refractivity contribution < 1.29 is 18.0 Å². The van der Waals surface area contributed by atoms with Gasteiger partial charge in [-0.15, -0.1) is 0 Å². The van der Waals surface area contributed by atoms with E-state index in [1.54, 1.807) is 6.07 Å². The quantitative estimate of drug-likeness (QED) is 0.705. The number of alkyl halides is 3. The van der Waals surface area contributed by atoms with Crippen LogP contribution in [0, 0.1) is 0 Å². The molecule has 15 heavy (non-hydrogen) atoms. The molecule has 1 unspecified atom stereocenters.